The third-order valence-electron chi connectivity index (χ3n) is 21.5. The first-order valence-electron chi connectivity index (χ1n) is 26.1. The third-order valence-corrected chi connectivity index (χ3v) is 21.5. The summed E-state index contributed by atoms with van der Waals surface area (Å²) >= 11 is 0. The minimum absolute atomic E-state index is 0.461. The predicted molar refractivity (Wildman–Crippen MR) is 244 cm³/mol. The first-order chi connectivity index (χ1) is 27.2. The van der Waals surface area contributed by atoms with Gasteiger partial charge in [0.2, 0.25) is 0 Å². The Morgan fingerprint density at radius 1 is 0.509 bits per heavy atom. The zero-order valence-electron chi connectivity index (χ0n) is 39.6. The van der Waals surface area contributed by atoms with E-state index in [-0.39, 0.29) is 0 Å². The van der Waals surface area contributed by atoms with Crippen LogP contribution in [0.5, 0.6) is 0 Å². The van der Waals surface area contributed by atoms with Gasteiger partial charge in [-0.25, -0.2) is 0 Å². The highest BCUT2D eigenvalue weighted by atomic mass is 16.5. The molecule has 1 heteroatoms. The monoisotopic (exact) mass is 783 g/mol. The summed E-state index contributed by atoms with van der Waals surface area (Å²) in [6, 6.07) is 0. The van der Waals surface area contributed by atoms with Crippen molar-refractivity contribution < 1.29 is 4.74 Å². The van der Waals surface area contributed by atoms with Gasteiger partial charge in [0, 0.05) is 13.2 Å². The Balaban J connectivity index is 0.819. The molecule has 0 aromatic carbocycles. The zero-order valence-corrected chi connectivity index (χ0v) is 39.6. The quantitative estimate of drug-likeness (QED) is 0.160. The van der Waals surface area contributed by atoms with Crippen molar-refractivity contribution in [2.75, 3.05) is 13.2 Å². The van der Waals surface area contributed by atoms with E-state index in [0.717, 1.165) is 96.1 Å². The maximum Gasteiger partial charge on any atom is 0.0497 e. The molecule has 0 bridgehead atoms. The van der Waals surface area contributed by atoms with Crippen LogP contribution in [0.15, 0.2) is 23.3 Å². The van der Waals surface area contributed by atoms with Crippen molar-refractivity contribution in [2.24, 2.45) is 105 Å². The molecule has 0 amide bonds. The molecule has 6 saturated carbocycles. The van der Waals surface area contributed by atoms with Gasteiger partial charge in [0.1, 0.15) is 0 Å². The highest BCUT2D eigenvalue weighted by Crippen LogP contribution is 2.69. The van der Waals surface area contributed by atoms with E-state index in [1.807, 2.05) is 11.1 Å². The SMILES string of the molecule is CC(C)CCC[C@@H](C)[C@H]1CCC2C3CC=C4CC(COCC5CC[C@@]6(C)C(=CCC7C6CC[C@@]6(C)C7CC[C@@H]6[C@H](C)CCCC(C)C)C5)CC[C@]4(C)C3CC[C@@]21C. The van der Waals surface area contributed by atoms with Crippen molar-refractivity contribution in [3.8, 4) is 0 Å². The molecule has 0 spiro atoms. The van der Waals surface area contributed by atoms with Crippen molar-refractivity contribution in [1.82, 2.24) is 0 Å². The molecule has 57 heavy (non-hydrogen) atoms. The summed E-state index contributed by atoms with van der Waals surface area (Å²) in [5.74, 6) is 12.6. The molecule has 0 heterocycles. The highest BCUT2D eigenvalue weighted by Gasteiger charge is 2.61. The minimum Gasteiger partial charge on any atom is -0.381 e. The van der Waals surface area contributed by atoms with E-state index in [0.29, 0.717) is 21.7 Å². The van der Waals surface area contributed by atoms with Crippen LogP contribution in [0.1, 0.15) is 210 Å². The molecular weight excluding hydrogens is 689 g/mol. The molecule has 0 saturated heterocycles. The number of ether oxygens (including phenoxy) is 1. The van der Waals surface area contributed by atoms with E-state index >= 15 is 0 Å². The molecule has 324 valence electrons. The molecule has 8 aliphatic carbocycles. The molecule has 6 fully saturated rings. The van der Waals surface area contributed by atoms with E-state index in [1.54, 1.807) is 0 Å². The number of rotatable bonds is 14. The van der Waals surface area contributed by atoms with E-state index in [4.69, 9.17) is 4.74 Å². The van der Waals surface area contributed by atoms with Crippen LogP contribution < -0.4 is 0 Å². The van der Waals surface area contributed by atoms with Crippen molar-refractivity contribution in [3.63, 3.8) is 0 Å². The summed E-state index contributed by atoms with van der Waals surface area (Å²) < 4.78 is 6.79. The summed E-state index contributed by atoms with van der Waals surface area (Å²) in [6.07, 6.45) is 37.4. The average Bonchev–Trinajstić information content (AvgIpc) is 3.71. The normalized spacial score (nSPS) is 46.2. The molecule has 0 radical (unpaired) electrons. The molecule has 0 N–H and O–H groups in total. The fourth-order valence-corrected chi connectivity index (χ4v) is 18.2. The minimum atomic E-state index is 0.461. The van der Waals surface area contributed by atoms with Gasteiger partial charge in [-0.2, -0.15) is 0 Å². The van der Waals surface area contributed by atoms with E-state index in [9.17, 15) is 0 Å². The van der Waals surface area contributed by atoms with Gasteiger partial charge in [-0.1, -0.05) is 131 Å². The first kappa shape index (κ1) is 43.1. The van der Waals surface area contributed by atoms with Crippen molar-refractivity contribution >= 4 is 0 Å². The molecule has 8 aliphatic rings. The van der Waals surface area contributed by atoms with Gasteiger partial charge in [0.15, 0.2) is 0 Å². The lowest BCUT2D eigenvalue weighted by molar-refractivity contribution is -0.0593. The topological polar surface area (TPSA) is 9.23 Å². The summed E-state index contributed by atoms with van der Waals surface area (Å²) in [7, 11) is 0. The average molecular weight is 783 g/mol. The maximum atomic E-state index is 6.79. The Kier molecular flexibility index (Phi) is 12.8. The summed E-state index contributed by atoms with van der Waals surface area (Å²) in [5.41, 5.74) is 5.83. The lowest BCUT2D eigenvalue weighted by Gasteiger charge is -2.59. The van der Waals surface area contributed by atoms with Crippen molar-refractivity contribution in [1.29, 1.82) is 0 Å². The smallest absolute Gasteiger partial charge is 0.0497 e. The molecule has 8 rings (SSSR count). The molecule has 0 aromatic rings. The van der Waals surface area contributed by atoms with Crippen LogP contribution >= 0.6 is 0 Å². The third kappa shape index (κ3) is 7.91. The summed E-state index contributed by atoms with van der Waals surface area (Å²) in [4.78, 5) is 0. The lowest BCUT2D eigenvalue weighted by Crippen LogP contribution is -2.50. The van der Waals surface area contributed by atoms with Gasteiger partial charge < -0.3 is 4.74 Å². The summed E-state index contributed by atoms with van der Waals surface area (Å²) in [6.45, 7) is 27.9. The number of allylic oxidation sites excluding steroid dienone is 4. The van der Waals surface area contributed by atoms with Gasteiger partial charge >= 0.3 is 0 Å². The lowest BCUT2D eigenvalue weighted by atomic mass is 9.46. The van der Waals surface area contributed by atoms with Gasteiger partial charge in [0.05, 0.1) is 0 Å². The number of hydrogen-bond acceptors (Lipinski definition) is 1. The number of hydrogen-bond donors (Lipinski definition) is 0. The van der Waals surface area contributed by atoms with E-state index in [1.165, 1.54) is 141 Å². The summed E-state index contributed by atoms with van der Waals surface area (Å²) in [5, 5.41) is 0. The Bertz CT molecular complexity index is 1330. The van der Waals surface area contributed by atoms with Crippen LogP contribution in [0, 0.1) is 105 Å². The molecule has 16 atom stereocenters. The van der Waals surface area contributed by atoms with Crippen LogP contribution in [0.4, 0.5) is 0 Å². The molecule has 0 aromatic heterocycles. The van der Waals surface area contributed by atoms with Gasteiger partial charge in [0.25, 0.3) is 0 Å². The molecule has 1 nitrogen and oxygen atoms in total. The maximum absolute atomic E-state index is 6.79. The van der Waals surface area contributed by atoms with Crippen LogP contribution in [0.25, 0.3) is 0 Å². The van der Waals surface area contributed by atoms with E-state index < -0.39 is 0 Å². The Labute approximate surface area is 354 Å². The number of fused-ring (bicyclic) bond motifs is 10. The Hall–Kier alpha value is -0.560. The standard InChI is InChI=1S/C56H94O/c1-37(2)13-11-15-39(5)47-21-23-49-45-19-17-43-33-41(25-29-53(43,7)51(45)27-31-55(47,49)9)35-57-36-42-26-30-54(8)44(34-42)18-20-46-50-24-22-48(40(6)16-12-14-38(3)4)56(50,10)32-28-52(46)54/h17-18,37-42,45-52H,11-16,19-36H2,1-10H3/t39-,40-,41?,42?,45?,46?,47-,48-,49?,50?,51?,52?,53+,54+,55-,56-/m1/s1. The van der Waals surface area contributed by atoms with Crippen LogP contribution in [-0.4, -0.2) is 13.2 Å². The zero-order chi connectivity index (χ0) is 40.3. The second-order valence-corrected chi connectivity index (χ2v) is 25.3. The predicted octanol–water partition coefficient (Wildman–Crippen LogP) is 16.3. The molecule has 8 unspecified atom stereocenters. The largest absolute Gasteiger partial charge is 0.381 e. The van der Waals surface area contributed by atoms with Crippen LogP contribution in [-0.2, 0) is 4.74 Å². The van der Waals surface area contributed by atoms with Crippen molar-refractivity contribution in [3.05, 3.63) is 23.3 Å². The van der Waals surface area contributed by atoms with Crippen LogP contribution in [0.2, 0.25) is 0 Å². The van der Waals surface area contributed by atoms with Gasteiger partial charge in [-0.3, -0.25) is 0 Å². The van der Waals surface area contributed by atoms with Crippen molar-refractivity contribution in [2.45, 2.75) is 210 Å². The van der Waals surface area contributed by atoms with Gasteiger partial charge in [-0.15, -0.1) is 0 Å². The Morgan fingerprint density at radius 2 is 0.930 bits per heavy atom. The first-order valence-corrected chi connectivity index (χ1v) is 26.1. The molecule has 0 aliphatic heterocycles. The van der Waals surface area contributed by atoms with Gasteiger partial charge in [-0.05, 0) is 207 Å². The second kappa shape index (κ2) is 17.0. The fourth-order valence-electron chi connectivity index (χ4n) is 18.2. The van der Waals surface area contributed by atoms with Crippen LogP contribution in [0.3, 0.4) is 0 Å². The van der Waals surface area contributed by atoms with E-state index in [2.05, 4.69) is 81.4 Å². The Morgan fingerprint density at radius 3 is 1.33 bits per heavy atom. The second-order valence-electron chi connectivity index (χ2n) is 25.3. The highest BCUT2D eigenvalue weighted by molar-refractivity contribution is 5.27. The fraction of sp³-hybridized carbons (Fsp3) is 0.929. The molecular formula is C56H94O.